The van der Waals surface area contributed by atoms with Gasteiger partial charge in [-0.1, -0.05) is 11.8 Å². The fraction of sp³-hybridized carbons (Fsp3) is 0.267. The van der Waals surface area contributed by atoms with Crippen molar-refractivity contribution in [2.24, 2.45) is 0 Å². The van der Waals surface area contributed by atoms with Gasteiger partial charge in [0.1, 0.15) is 0 Å². The van der Waals surface area contributed by atoms with Gasteiger partial charge in [-0.2, -0.15) is 0 Å². The lowest BCUT2D eigenvalue weighted by Gasteiger charge is -2.13. The molecule has 0 aliphatic carbocycles. The van der Waals surface area contributed by atoms with Crippen LogP contribution in [-0.2, 0) is 4.79 Å². The number of aryl methyl sites for hydroxylation is 1. The molecule has 0 saturated carbocycles. The van der Waals surface area contributed by atoms with Gasteiger partial charge in [0.2, 0.25) is 5.91 Å². The molecule has 3 rings (SSSR count). The molecule has 1 amide bonds. The molecule has 1 unspecified atom stereocenters. The lowest BCUT2D eigenvalue weighted by atomic mass is 10.2. The Morgan fingerprint density at radius 2 is 2.17 bits per heavy atom. The van der Waals surface area contributed by atoms with E-state index in [1.165, 1.54) is 28.5 Å². The Morgan fingerprint density at radius 1 is 1.39 bits per heavy atom. The van der Waals surface area contributed by atoms with Crippen molar-refractivity contribution in [2.45, 2.75) is 24.5 Å². The Balaban J connectivity index is 1.73. The summed E-state index contributed by atoms with van der Waals surface area (Å²) in [5.41, 5.74) is 0.623. The molecule has 1 aliphatic rings. The highest BCUT2D eigenvalue weighted by atomic mass is 32.2. The number of halogens is 2. The Morgan fingerprint density at radius 3 is 2.91 bits per heavy atom. The van der Waals surface area contributed by atoms with Gasteiger partial charge in [0.15, 0.2) is 16.8 Å². The molecule has 23 heavy (non-hydrogen) atoms. The number of rotatable bonds is 3. The van der Waals surface area contributed by atoms with Crippen LogP contribution < -0.4 is 10.9 Å². The summed E-state index contributed by atoms with van der Waals surface area (Å²) in [4.78, 5) is 28.4. The van der Waals surface area contributed by atoms with E-state index in [0.29, 0.717) is 16.6 Å². The number of thioether (sulfide) groups is 1. The molecule has 0 radical (unpaired) electrons. The van der Waals surface area contributed by atoms with E-state index in [-0.39, 0.29) is 29.6 Å². The normalized spacial score (nSPS) is 16.2. The third-order valence-electron chi connectivity index (χ3n) is 3.44. The van der Waals surface area contributed by atoms with Crippen LogP contribution in [-0.4, -0.2) is 21.2 Å². The molecule has 0 spiro atoms. The highest BCUT2D eigenvalue weighted by Crippen LogP contribution is 2.32. The van der Waals surface area contributed by atoms with Crippen molar-refractivity contribution in [2.75, 3.05) is 11.1 Å². The van der Waals surface area contributed by atoms with E-state index < -0.39 is 11.6 Å². The summed E-state index contributed by atoms with van der Waals surface area (Å²) < 4.78 is 27.5. The van der Waals surface area contributed by atoms with E-state index in [1.54, 1.807) is 6.92 Å². The third-order valence-corrected chi connectivity index (χ3v) is 4.54. The molecule has 120 valence electrons. The molecule has 1 aromatic carbocycles. The first-order valence-corrected chi connectivity index (χ1v) is 7.90. The number of nitrogens with zero attached hydrogens (tertiary/aromatic N) is 2. The second kappa shape index (κ2) is 6.11. The summed E-state index contributed by atoms with van der Waals surface area (Å²) in [7, 11) is 0. The summed E-state index contributed by atoms with van der Waals surface area (Å²) in [5, 5.41) is 3.11. The Hall–Kier alpha value is -2.22. The van der Waals surface area contributed by atoms with Gasteiger partial charge < -0.3 is 5.32 Å². The quantitative estimate of drug-likeness (QED) is 0.874. The fourth-order valence-electron chi connectivity index (χ4n) is 2.41. The van der Waals surface area contributed by atoms with Crippen LogP contribution in [0.1, 0.15) is 18.2 Å². The molecule has 0 bridgehead atoms. The van der Waals surface area contributed by atoms with Gasteiger partial charge in [-0.15, -0.1) is 0 Å². The maximum Gasteiger partial charge on any atom is 0.254 e. The summed E-state index contributed by atoms with van der Waals surface area (Å²) in [6, 6.07) is 4.27. The zero-order valence-electron chi connectivity index (χ0n) is 12.2. The molecule has 5 nitrogen and oxygen atoms in total. The standard InChI is InChI=1S/C15H13F2N3O2S/c1-8-4-14(22)20-10(7-23-15(20)18-8)6-13(21)19-9-2-3-11(16)12(17)5-9/h2-5,10H,6-7H2,1H3,(H,19,21). The van der Waals surface area contributed by atoms with Crippen LogP contribution in [0.2, 0.25) is 0 Å². The van der Waals surface area contributed by atoms with E-state index in [0.717, 1.165) is 12.1 Å². The molecule has 0 saturated heterocycles. The van der Waals surface area contributed by atoms with E-state index in [9.17, 15) is 18.4 Å². The molecule has 2 heterocycles. The lowest BCUT2D eigenvalue weighted by molar-refractivity contribution is -0.116. The summed E-state index contributed by atoms with van der Waals surface area (Å²) in [6.45, 7) is 1.74. The molecule has 8 heteroatoms. The van der Waals surface area contributed by atoms with Gasteiger partial charge in [-0.3, -0.25) is 14.2 Å². The van der Waals surface area contributed by atoms with Crippen molar-refractivity contribution in [1.82, 2.24) is 9.55 Å². The topological polar surface area (TPSA) is 64.0 Å². The third kappa shape index (κ3) is 3.26. The maximum absolute atomic E-state index is 13.1. The van der Waals surface area contributed by atoms with Crippen molar-refractivity contribution in [3.05, 3.63) is 51.9 Å². The molecule has 0 fully saturated rings. The van der Waals surface area contributed by atoms with Crippen molar-refractivity contribution in [3.8, 4) is 0 Å². The largest absolute Gasteiger partial charge is 0.326 e. The minimum absolute atomic E-state index is 0.0592. The number of hydrogen-bond acceptors (Lipinski definition) is 4. The van der Waals surface area contributed by atoms with Crippen LogP contribution in [0.15, 0.2) is 34.2 Å². The monoisotopic (exact) mass is 337 g/mol. The number of hydrogen-bond donors (Lipinski definition) is 1. The Bertz CT molecular complexity index is 838. The van der Waals surface area contributed by atoms with Crippen LogP contribution in [0.4, 0.5) is 14.5 Å². The molecule has 1 aromatic heterocycles. The average Bonchev–Trinajstić information content (AvgIpc) is 2.85. The van der Waals surface area contributed by atoms with E-state index >= 15 is 0 Å². The van der Waals surface area contributed by atoms with Gasteiger partial charge in [0.25, 0.3) is 5.56 Å². The van der Waals surface area contributed by atoms with E-state index in [1.807, 2.05) is 0 Å². The lowest BCUT2D eigenvalue weighted by Crippen LogP contribution is -2.27. The minimum atomic E-state index is -1.03. The zero-order chi connectivity index (χ0) is 16.6. The predicted octanol–water partition coefficient (Wildman–Crippen LogP) is 2.51. The molecular formula is C15H13F2N3O2S. The number of fused-ring (bicyclic) bond motifs is 1. The van der Waals surface area contributed by atoms with Gasteiger partial charge in [0.05, 0.1) is 6.04 Å². The van der Waals surface area contributed by atoms with Crippen molar-refractivity contribution in [3.63, 3.8) is 0 Å². The van der Waals surface area contributed by atoms with Gasteiger partial charge in [-0.25, -0.2) is 13.8 Å². The number of carbonyl (C=O) groups is 1. The molecular weight excluding hydrogens is 324 g/mol. The molecule has 1 atom stereocenters. The minimum Gasteiger partial charge on any atom is -0.326 e. The van der Waals surface area contributed by atoms with Crippen LogP contribution in [0.3, 0.4) is 0 Å². The van der Waals surface area contributed by atoms with Crippen LogP contribution in [0.5, 0.6) is 0 Å². The number of carbonyl (C=O) groups excluding carboxylic acids is 1. The second-order valence-electron chi connectivity index (χ2n) is 5.23. The van der Waals surface area contributed by atoms with Crippen LogP contribution in [0, 0.1) is 18.6 Å². The SMILES string of the molecule is Cc1cc(=O)n2c(n1)SCC2CC(=O)Nc1ccc(F)c(F)c1. The van der Waals surface area contributed by atoms with Crippen molar-refractivity contribution in [1.29, 1.82) is 0 Å². The first-order chi connectivity index (χ1) is 10.9. The van der Waals surface area contributed by atoms with E-state index in [2.05, 4.69) is 10.3 Å². The number of nitrogens with one attached hydrogen (secondary N) is 1. The highest BCUT2D eigenvalue weighted by molar-refractivity contribution is 7.99. The number of aromatic nitrogens is 2. The van der Waals surface area contributed by atoms with Crippen LogP contribution in [0.25, 0.3) is 0 Å². The fourth-order valence-corrected chi connectivity index (χ4v) is 3.61. The van der Waals surface area contributed by atoms with Crippen LogP contribution >= 0.6 is 11.8 Å². The Labute approximate surface area is 134 Å². The highest BCUT2D eigenvalue weighted by Gasteiger charge is 2.27. The molecule has 2 aromatic rings. The average molecular weight is 337 g/mol. The number of amides is 1. The van der Waals surface area contributed by atoms with Gasteiger partial charge in [-0.05, 0) is 19.1 Å². The number of anilines is 1. The smallest absolute Gasteiger partial charge is 0.254 e. The first kappa shape index (κ1) is 15.7. The van der Waals surface area contributed by atoms with E-state index in [4.69, 9.17) is 0 Å². The summed E-state index contributed by atoms with van der Waals surface area (Å²) in [6.07, 6.45) is 0.0592. The summed E-state index contributed by atoms with van der Waals surface area (Å²) in [5.74, 6) is -1.81. The molecule has 1 aliphatic heterocycles. The second-order valence-corrected chi connectivity index (χ2v) is 6.22. The molecule has 1 N–H and O–H groups in total. The van der Waals surface area contributed by atoms with Crippen molar-refractivity contribution >= 4 is 23.4 Å². The van der Waals surface area contributed by atoms with Gasteiger partial charge >= 0.3 is 0 Å². The van der Waals surface area contributed by atoms with Gasteiger partial charge in [0, 0.05) is 35.7 Å². The summed E-state index contributed by atoms with van der Waals surface area (Å²) >= 11 is 1.42. The van der Waals surface area contributed by atoms with Crippen molar-refractivity contribution < 1.29 is 13.6 Å². The number of benzene rings is 1. The first-order valence-electron chi connectivity index (χ1n) is 6.92. The predicted molar refractivity (Wildman–Crippen MR) is 82.6 cm³/mol. The maximum atomic E-state index is 13.1. The Kier molecular flexibility index (Phi) is 4.16. The zero-order valence-corrected chi connectivity index (χ0v) is 13.0.